The minimum Gasteiger partial charge on any atom is -0.479 e. The van der Waals surface area contributed by atoms with E-state index in [4.69, 9.17) is 23.7 Å². The van der Waals surface area contributed by atoms with Crippen LogP contribution in [0, 0.1) is 0 Å². The van der Waals surface area contributed by atoms with E-state index in [0.29, 0.717) is 19.3 Å². The van der Waals surface area contributed by atoms with E-state index in [9.17, 15) is 34.5 Å². The highest BCUT2D eigenvalue weighted by Crippen LogP contribution is 2.26. The van der Waals surface area contributed by atoms with Crippen LogP contribution in [0.5, 0.6) is 0 Å². The van der Waals surface area contributed by atoms with Gasteiger partial charge in [-0.2, -0.15) is 0 Å². The Hall–Kier alpha value is -3.58. The zero-order chi connectivity index (χ0) is 56.1. The first-order valence-corrected chi connectivity index (χ1v) is 31.3. The van der Waals surface area contributed by atoms with Gasteiger partial charge < -0.3 is 39.0 Å². The van der Waals surface area contributed by atoms with E-state index in [0.717, 1.165) is 116 Å². The van der Waals surface area contributed by atoms with Gasteiger partial charge in [0.25, 0.3) is 0 Å². The summed E-state index contributed by atoms with van der Waals surface area (Å²) in [5, 5.41) is 31.5. The number of carbonyl (C=O) groups excluding carboxylic acids is 3. The van der Waals surface area contributed by atoms with E-state index >= 15 is 0 Å². The number of allylic oxidation sites excluding steroid dienone is 10. The molecule has 444 valence electrons. The Balaban J connectivity index is 2.66. The minimum absolute atomic E-state index is 0.0425. The Bertz CT molecular complexity index is 1570. The van der Waals surface area contributed by atoms with Gasteiger partial charge in [-0.05, 0) is 103 Å². The van der Waals surface area contributed by atoms with Crippen LogP contribution >= 0.6 is 0 Å². The molecule has 1 fully saturated rings. The van der Waals surface area contributed by atoms with Gasteiger partial charge >= 0.3 is 23.9 Å². The monoisotopic (exact) mass is 1080 g/mol. The predicted molar refractivity (Wildman–Crippen MR) is 312 cm³/mol. The molecule has 1 heterocycles. The molecule has 12 nitrogen and oxygen atoms in total. The fourth-order valence-corrected chi connectivity index (χ4v) is 9.20. The molecule has 1 rings (SSSR count). The molecule has 0 aromatic rings. The molecule has 1 saturated heterocycles. The lowest BCUT2D eigenvalue weighted by Gasteiger charge is -2.40. The molecule has 6 atom stereocenters. The number of ether oxygens (including phenoxy) is 5. The van der Waals surface area contributed by atoms with Crippen molar-refractivity contribution >= 4 is 23.9 Å². The fraction of sp³-hybridized carbons (Fsp3) is 0.785. The summed E-state index contributed by atoms with van der Waals surface area (Å²) in [7, 11) is 0. The van der Waals surface area contributed by atoms with E-state index in [1.807, 2.05) is 0 Å². The summed E-state index contributed by atoms with van der Waals surface area (Å²) in [5.74, 6) is -3.15. The number of esters is 3. The second kappa shape index (κ2) is 53.1. The number of aliphatic carboxylic acids is 1. The predicted octanol–water partition coefficient (Wildman–Crippen LogP) is 16.3. The molecule has 1 aliphatic heterocycles. The van der Waals surface area contributed by atoms with Gasteiger partial charge in [0, 0.05) is 19.3 Å². The van der Waals surface area contributed by atoms with Crippen LogP contribution < -0.4 is 0 Å². The quantitative estimate of drug-likeness (QED) is 0.0228. The average Bonchev–Trinajstić information content (AvgIpc) is 3.42. The van der Waals surface area contributed by atoms with Gasteiger partial charge in [-0.25, -0.2) is 4.79 Å². The van der Waals surface area contributed by atoms with E-state index in [-0.39, 0.29) is 25.9 Å². The average molecular weight is 1090 g/mol. The van der Waals surface area contributed by atoms with Gasteiger partial charge in [-0.1, -0.05) is 216 Å². The third-order valence-electron chi connectivity index (χ3n) is 14.0. The van der Waals surface area contributed by atoms with Crippen molar-refractivity contribution in [1.29, 1.82) is 0 Å². The van der Waals surface area contributed by atoms with Crippen molar-refractivity contribution in [3.8, 4) is 0 Å². The second-order valence-electron chi connectivity index (χ2n) is 21.3. The zero-order valence-corrected chi connectivity index (χ0v) is 49.0. The summed E-state index contributed by atoms with van der Waals surface area (Å²) in [6.07, 6.45) is 53.3. The summed E-state index contributed by atoms with van der Waals surface area (Å²) in [4.78, 5) is 51.2. The van der Waals surface area contributed by atoms with Crippen LogP contribution in [0.15, 0.2) is 60.8 Å². The number of aliphatic hydroxyl groups excluding tert-OH is 2. The molecule has 3 N–H and O–H groups in total. The fourth-order valence-electron chi connectivity index (χ4n) is 9.20. The Morgan fingerprint density at radius 1 is 0.429 bits per heavy atom. The highest BCUT2D eigenvalue weighted by atomic mass is 16.7. The van der Waals surface area contributed by atoms with E-state index in [1.165, 1.54) is 103 Å². The summed E-state index contributed by atoms with van der Waals surface area (Å²) >= 11 is 0. The lowest BCUT2D eigenvalue weighted by Crippen LogP contribution is -2.61. The number of aliphatic hydroxyl groups is 2. The van der Waals surface area contributed by atoms with Crippen LogP contribution in [-0.2, 0) is 42.9 Å². The lowest BCUT2D eigenvalue weighted by molar-refractivity contribution is -0.301. The van der Waals surface area contributed by atoms with Gasteiger partial charge in [0.05, 0.1) is 6.61 Å². The number of unbranched alkanes of at least 4 members (excludes halogenated alkanes) is 29. The maximum atomic E-state index is 13.1. The van der Waals surface area contributed by atoms with Crippen molar-refractivity contribution in [2.45, 2.75) is 314 Å². The van der Waals surface area contributed by atoms with Crippen molar-refractivity contribution in [3.63, 3.8) is 0 Å². The molecule has 1 aliphatic rings. The number of rotatable bonds is 53. The largest absolute Gasteiger partial charge is 0.479 e. The number of carboxylic acids is 1. The molecule has 77 heavy (non-hydrogen) atoms. The zero-order valence-electron chi connectivity index (χ0n) is 49.0. The lowest BCUT2D eigenvalue weighted by atomic mass is 9.98. The van der Waals surface area contributed by atoms with Crippen molar-refractivity contribution in [3.05, 3.63) is 60.8 Å². The van der Waals surface area contributed by atoms with Crippen molar-refractivity contribution in [1.82, 2.24) is 0 Å². The maximum absolute atomic E-state index is 13.1. The number of hydrogen-bond acceptors (Lipinski definition) is 11. The summed E-state index contributed by atoms with van der Waals surface area (Å²) in [5.41, 5.74) is 0. The molecule has 0 saturated carbocycles. The molecule has 0 spiro atoms. The van der Waals surface area contributed by atoms with Gasteiger partial charge in [-0.3, -0.25) is 14.4 Å². The number of hydrogen-bond donors (Lipinski definition) is 3. The summed E-state index contributed by atoms with van der Waals surface area (Å²) in [6, 6.07) is 0. The van der Waals surface area contributed by atoms with Crippen molar-refractivity contribution in [2.24, 2.45) is 0 Å². The van der Waals surface area contributed by atoms with E-state index in [2.05, 4.69) is 81.5 Å². The maximum Gasteiger partial charge on any atom is 0.335 e. The first-order valence-electron chi connectivity index (χ1n) is 31.3. The van der Waals surface area contributed by atoms with Crippen LogP contribution in [-0.4, -0.2) is 89.2 Å². The second-order valence-corrected chi connectivity index (χ2v) is 21.3. The van der Waals surface area contributed by atoms with Gasteiger partial charge in [0.2, 0.25) is 0 Å². The van der Waals surface area contributed by atoms with Crippen LogP contribution in [0.1, 0.15) is 278 Å². The van der Waals surface area contributed by atoms with E-state index < -0.39 is 67.3 Å². The first-order chi connectivity index (χ1) is 37.6. The molecule has 12 heteroatoms. The SMILES string of the molecule is CCC/C=C\C/C=C\CCCCCCCC(=O)OC(COC(=O)CCCCCCCCCCC/C=C\CCCCCCCC)COC1OC(C(=O)O)C(O)C(O)C1OC(=O)CCCCCCC/C=C\C/C=C\CCCCC. The molecular weight excluding hydrogens is 973 g/mol. The summed E-state index contributed by atoms with van der Waals surface area (Å²) < 4.78 is 28.5. The highest BCUT2D eigenvalue weighted by molar-refractivity contribution is 5.74. The molecule has 0 bridgehead atoms. The summed E-state index contributed by atoms with van der Waals surface area (Å²) in [6.45, 7) is 5.90. The van der Waals surface area contributed by atoms with Gasteiger partial charge in [0.15, 0.2) is 24.6 Å². The Morgan fingerprint density at radius 3 is 1.26 bits per heavy atom. The number of carboxylic acid groups (broad SMARTS) is 1. The molecule has 0 radical (unpaired) electrons. The third kappa shape index (κ3) is 43.0. The first kappa shape index (κ1) is 71.4. The normalized spacial score (nSPS) is 18.4. The van der Waals surface area contributed by atoms with Crippen LogP contribution in [0.3, 0.4) is 0 Å². The molecule has 6 unspecified atom stereocenters. The Morgan fingerprint density at radius 2 is 0.805 bits per heavy atom. The van der Waals surface area contributed by atoms with Crippen molar-refractivity contribution < 1.29 is 58.2 Å². The van der Waals surface area contributed by atoms with E-state index in [1.54, 1.807) is 0 Å². The molecular formula is C65H112O12. The topological polar surface area (TPSA) is 175 Å². The van der Waals surface area contributed by atoms with Crippen LogP contribution in [0.4, 0.5) is 0 Å². The van der Waals surface area contributed by atoms with Gasteiger partial charge in [0.1, 0.15) is 18.8 Å². The smallest absolute Gasteiger partial charge is 0.335 e. The van der Waals surface area contributed by atoms with Crippen molar-refractivity contribution in [2.75, 3.05) is 13.2 Å². The Kier molecular flexibility index (Phi) is 49.2. The van der Waals surface area contributed by atoms with Crippen LogP contribution in [0.25, 0.3) is 0 Å². The number of carbonyl (C=O) groups is 4. The van der Waals surface area contributed by atoms with Crippen LogP contribution in [0.2, 0.25) is 0 Å². The molecule has 0 aromatic carbocycles. The molecule has 0 amide bonds. The highest BCUT2D eigenvalue weighted by Gasteiger charge is 2.50. The van der Waals surface area contributed by atoms with Gasteiger partial charge in [-0.15, -0.1) is 0 Å². The Labute approximate surface area is 468 Å². The molecule has 0 aliphatic carbocycles. The standard InChI is InChI=1S/C65H112O12/c1-4-7-10-13-16-19-22-25-27-28-29-30-32-34-36-39-42-45-48-51-57(66)73-54-56(75-58(67)52-49-46-43-40-37-33-24-21-18-15-12-9-6-3)55-74-65-63(61(70)60(69)62(77-65)64(71)72)76-59(68)53-50-47-44-41-38-35-31-26-23-20-17-14-11-8-5-2/h12,15,17,20-21,24-27,31,56,60-63,65,69-70H,4-11,13-14,16,18-19,22-23,28-30,32-55H2,1-3H3,(H,71,72)/b15-12-,20-17-,24-21-,27-25-,31-26-. The minimum atomic E-state index is -1.91. The third-order valence-corrected chi connectivity index (χ3v) is 14.0. The molecule has 0 aromatic heterocycles.